The standard InChI is InChI=1S/C26H25Br3N2/c1-4-5-12-31-25-13-18(9-6-17-7-10-19(11-8-17)30(2)3)22(27)14-20(25)21-15-23(28)24(29)16-26(21)31/h6-11,13-16H,4-5,12H2,1-3H3. The molecule has 0 radical (unpaired) electrons. The number of aromatic nitrogens is 1. The molecule has 31 heavy (non-hydrogen) atoms. The molecule has 0 aliphatic rings. The molecule has 4 aromatic rings. The predicted molar refractivity (Wildman–Crippen MR) is 147 cm³/mol. The molecular formula is C26H25Br3N2. The molecule has 0 N–H and O–H groups in total. The molecule has 5 heteroatoms. The number of unbranched alkanes of at least 4 members (excludes halogenated alkanes) is 1. The largest absolute Gasteiger partial charge is 0.378 e. The average Bonchev–Trinajstić information content (AvgIpc) is 3.02. The van der Waals surface area contributed by atoms with Gasteiger partial charge in [-0.2, -0.15) is 0 Å². The van der Waals surface area contributed by atoms with Gasteiger partial charge in [-0.3, -0.25) is 0 Å². The number of nitrogens with zero attached hydrogens (tertiary/aromatic N) is 2. The van der Waals surface area contributed by atoms with Crippen LogP contribution in [0.2, 0.25) is 0 Å². The highest BCUT2D eigenvalue weighted by Crippen LogP contribution is 2.38. The highest BCUT2D eigenvalue weighted by Gasteiger charge is 2.14. The minimum absolute atomic E-state index is 1.02. The van der Waals surface area contributed by atoms with Crippen molar-refractivity contribution >= 4 is 87.4 Å². The van der Waals surface area contributed by atoms with Gasteiger partial charge in [-0.25, -0.2) is 0 Å². The Balaban J connectivity index is 1.81. The number of benzene rings is 3. The van der Waals surface area contributed by atoms with Gasteiger partial charge in [0.15, 0.2) is 0 Å². The van der Waals surface area contributed by atoms with Gasteiger partial charge in [0, 0.05) is 56.0 Å². The summed E-state index contributed by atoms with van der Waals surface area (Å²) < 4.78 is 5.73. The van der Waals surface area contributed by atoms with Gasteiger partial charge in [-0.05, 0) is 85.8 Å². The van der Waals surface area contributed by atoms with Crippen molar-refractivity contribution < 1.29 is 0 Å². The first-order valence-electron chi connectivity index (χ1n) is 10.4. The third-order valence-electron chi connectivity index (χ3n) is 5.63. The maximum atomic E-state index is 3.81. The molecule has 2 nitrogen and oxygen atoms in total. The summed E-state index contributed by atoms with van der Waals surface area (Å²) in [6, 6.07) is 17.6. The normalized spacial score (nSPS) is 11.8. The molecule has 1 aromatic heterocycles. The van der Waals surface area contributed by atoms with Crippen molar-refractivity contribution in [3.8, 4) is 0 Å². The summed E-state index contributed by atoms with van der Waals surface area (Å²) in [4.78, 5) is 2.11. The smallest absolute Gasteiger partial charge is 0.0503 e. The number of rotatable bonds is 6. The van der Waals surface area contributed by atoms with Gasteiger partial charge >= 0.3 is 0 Å². The molecule has 0 bridgehead atoms. The predicted octanol–water partition coefficient (Wildman–Crippen LogP) is 9.12. The Morgan fingerprint density at radius 2 is 1.42 bits per heavy atom. The number of anilines is 1. The lowest BCUT2D eigenvalue weighted by molar-refractivity contribution is 0.665. The molecule has 0 amide bonds. The number of fused-ring (bicyclic) bond motifs is 3. The third-order valence-corrected chi connectivity index (χ3v) is 8.16. The van der Waals surface area contributed by atoms with Gasteiger partial charge in [0.2, 0.25) is 0 Å². The molecule has 3 aromatic carbocycles. The summed E-state index contributed by atoms with van der Waals surface area (Å²) in [6.07, 6.45) is 6.70. The van der Waals surface area contributed by atoms with Crippen molar-refractivity contribution in [2.45, 2.75) is 26.3 Å². The van der Waals surface area contributed by atoms with Gasteiger partial charge in [0.25, 0.3) is 0 Å². The van der Waals surface area contributed by atoms with E-state index < -0.39 is 0 Å². The Bertz CT molecular complexity index is 1270. The van der Waals surface area contributed by atoms with E-state index in [1.165, 1.54) is 45.0 Å². The molecule has 0 aliphatic heterocycles. The van der Waals surface area contributed by atoms with E-state index in [9.17, 15) is 0 Å². The van der Waals surface area contributed by atoms with Crippen LogP contribution in [0.1, 0.15) is 30.9 Å². The average molecular weight is 605 g/mol. The SMILES string of the molecule is CCCCn1c2cc(Br)c(Br)cc2c2cc(Br)c(C=Cc3ccc(N(C)C)cc3)cc21. The molecule has 0 saturated heterocycles. The molecule has 160 valence electrons. The lowest BCUT2D eigenvalue weighted by Gasteiger charge is -2.11. The zero-order chi connectivity index (χ0) is 22.1. The van der Waals surface area contributed by atoms with Crippen LogP contribution in [0.3, 0.4) is 0 Å². The van der Waals surface area contributed by atoms with Crippen LogP contribution >= 0.6 is 47.8 Å². The Hall–Kier alpha value is -1.56. The fraction of sp³-hybridized carbons (Fsp3) is 0.231. The summed E-state index contributed by atoms with van der Waals surface area (Å²) in [5.74, 6) is 0. The minimum Gasteiger partial charge on any atom is -0.378 e. The van der Waals surface area contributed by atoms with Gasteiger partial charge < -0.3 is 9.47 Å². The lowest BCUT2D eigenvalue weighted by Crippen LogP contribution is -2.07. The van der Waals surface area contributed by atoms with Gasteiger partial charge in [0.1, 0.15) is 0 Å². The molecule has 0 spiro atoms. The quantitative estimate of drug-likeness (QED) is 0.199. The van der Waals surface area contributed by atoms with E-state index >= 15 is 0 Å². The van der Waals surface area contributed by atoms with Crippen molar-refractivity contribution in [3.05, 3.63) is 73.1 Å². The maximum Gasteiger partial charge on any atom is 0.0503 e. The molecule has 0 unspecified atom stereocenters. The van der Waals surface area contributed by atoms with Gasteiger partial charge in [0.05, 0.1) is 5.52 Å². The van der Waals surface area contributed by atoms with E-state index in [0.29, 0.717) is 0 Å². The minimum atomic E-state index is 1.02. The highest BCUT2D eigenvalue weighted by atomic mass is 79.9. The van der Waals surface area contributed by atoms with Gasteiger partial charge in [-0.15, -0.1) is 0 Å². The Morgan fingerprint density at radius 1 is 0.806 bits per heavy atom. The number of hydrogen-bond donors (Lipinski definition) is 0. The van der Waals surface area contributed by atoms with Crippen molar-refractivity contribution in [2.75, 3.05) is 19.0 Å². The molecule has 0 fully saturated rings. The maximum absolute atomic E-state index is 3.81. The topological polar surface area (TPSA) is 8.17 Å². The molecule has 0 aliphatic carbocycles. The fourth-order valence-corrected chi connectivity index (χ4v) is 5.03. The lowest BCUT2D eigenvalue weighted by atomic mass is 10.1. The first-order valence-corrected chi connectivity index (χ1v) is 12.8. The van der Waals surface area contributed by atoms with Crippen LogP contribution in [0, 0.1) is 0 Å². The Labute approximate surface area is 209 Å². The van der Waals surface area contributed by atoms with E-state index in [1.54, 1.807) is 0 Å². The van der Waals surface area contributed by atoms with E-state index in [0.717, 1.165) is 26.4 Å². The summed E-state index contributed by atoms with van der Waals surface area (Å²) in [5.41, 5.74) is 6.13. The second-order valence-corrected chi connectivity index (χ2v) is 10.6. The van der Waals surface area contributed by atoms with Crippen molar-refractivity contribution in [1.82, 2.24) is 4.57 Å². The molecular weight excluding hydrogens is 580 g/mol. The highest BCUT2D eigenvalue weighted by molar-refractivity contribution is 9.13. The first kappa shape index (κ1) is 22.6. The van der Waals surface area contributed by atoms with E-state index in [2.05, 4.69) is 139 Å². The Kier molecular flexibility index (Phi) is 6.95. The fourth-order valence-electron chi connectivity index (χ4n) is 3.88. The Morgan fingerprint density at radius 3 is 2.06 bits per heavy atom. The van der Waals surface area contributed by atoms with Crippen LogP contribution in [0.4, 0.5) is 5.69 Å². The van der Waals surface area contributed by atoms with Crippen LogP contribution in [-0.4, -0.2) is 18.7 Å². The van der Waals surface area contributed by atoms with E-state index in [1.807, 2.05) is 0 Å². The second kappa shape index (κ2) is 9.51. The molecule has 0 atom stereocenters. The number of hydrogen-bond acceptors (Lipinski definition) is 1. The van der Waals surface area contributed by atoms with Crippen LogP contribution in [0.5, 0.6) is 0 Å². The summed E-state index contributed by atoms with van der Waals surface area (Å²) >= 11 is 11.2. The molecule has 4 rings (SSSR count). The van der Waals surface area contributed by atoms with Crippen molar-refractivity contribution in [2.24, 2.45) is 0 Å². The number of aryl methyl sites for hydroxylation is 1. The van der Waals surface area contributed by atoms with E-state index in [4.69, 9.17) is 0 Å². The first-order chi connectivity index (χ1) is 14.9. The second-order valence-electron chi connectivity index (χ2n) is 8.00. The van der Waals surface area contributed by atoms with Crippen molar-refractivity contribution in [1.29, 1.82) is 0 Å². The van der Waals surface area contributed by atoms with Crippen molar-refractivity contribution in [3.63, 3.8) is 0 Å². The summed E-state index contributed by atoms with van der Waals surface area (Å²) in [5, 5.41) is 2.55. The summed E-state index contributed by atoms with van der Waals surface area (Å²) in [6.45, 7) is 3.26. The zero-order valence-electron chi connectivity index (χ0n) is 17.9. The van der Waals surface area contributed by atoms with Gasteiger partial charge in [-0.1, -0.05) is 53.6 Å². The molecule has 1 heterocycles. The van der Waals surface area contributed by atoms with Crippen LogP contribution in [0.25, 0.3) is 34.0 Å². The van der Waals surface area contributed by atoms with E-state index in [-0.39, 0.29) is 0 Å². The van der Waals surface area contributed by atoms with Crippen LogP contribution in [0.15, 0.2) is 61.9 Å². The molecule has 0 saturated carbocycles. The number of halogens is 3. The third kappa shape index (κ3) is 4.64. The van der Waals surface area contributed by atoms with Crippen LogP contribution < -0.4 is 4.90 Å². The monoisotopic (exact) mass is 602 g/mol. The zero-order valence-corrected chi connectivity index (χ0v) is 22.7. The summed E-state index contributed by atoms with van der Waals surface area (Å²) in [7, 11) is 4.12. The van der Waals surface area contributed by atoms with Crippen LogP contribution in [-0.2, 0) is 6.54 Å².